The lowest BCUT2D eigenvalue weighted by Crippen LogP contribution is -2.34. The van der Waals surface area contributed by atoms with Gasteiger partial charge in [0.25, 0.3) is 5.56 Å². The molecule has 6 nitrogen and oxygen atoms in total. The molecule has 0 saturated carbocycles. The van der Waals surface area contributed by atoms with E-state index in [9.17, 15) is 9.90 Å². The fraction of sp³-hybridized carbons (Fsp3) is 0.304. The van der Waals surface area contributed by atoms with Gasteiger partial charge in [0.1, 0.15) is 0 Å². The number of aromatic hydroxyl groups is 1. The van der Waals surface area contributed by atoms with Gasteiger partial charge in [0.2, 0.25) is 5.88 Å². The number of ether oxygens (including phenoxy) is 1. The number of hydrogen-bond acceptors (Lipinski definition) is 5. The number of methoxy groups -OCH3 is 1. The maximum Gasteiger partial charge on any atom is 0.258 e. The second-order valence-corrected chi connectivity index (χ2v) is 8.81. The Kier molecular flexibility index (Phi) is 6.38. The first-order valence-electron chi connectivity index (χ1n) is 9.97. The van der Waals surface area contributed by atoms with Gasteiger partial charge in [-0.25, -0.2) is 0 Å². The molecule has 4 rings (SSSR count). The van der Waals surface area contributed by atoms with Crippen LogP contribution in [0.4, 0.5) is 11.4 Å². The van der Waals surface area contributed by atoms with Crippen LogP contribution in [0, 0.1) is 9.49 Å². The zero-order valence-corrected chi connectivity index (χ0v) is 18.9. The average molecular weight is 517 g/mol. The number of nitrogens with zero attached hydrogens (tertiary/aromatic N) is 2. The van der Waals surface area contributed by atoms with E-state index in [1.54, 1.807) is 19.4 Å². The van der Waals surface area contributed by atoms with E-state index < -0.39 is 0 Å². The number of H-pyrrole nitrogens is 1. The molecule has 1 saturated heterocycles. The second kappa shape index (κ2) is 9.18. The molecule has 0 unspecified atom stereocenters. The third-order valence-electron chi connectivity index (χ3n) is 5.58. The summed E-state index contributed by atoms with van der Waals surface area (Å²) in [6.45, 7) is 2.91. The van der Waals surface area contributed by atoms with Crippen LogP contribution in [0.15, 0.2) is 52.3 Å². The molecule has 1 aliphatic rings. The standard InChI is InChI=1S/C23H24IN3O3/c1-30-14-15-8-10-27(11-9-15)18-5-3-17(4-6-18)25-13-21-20-12-16(24)2-7-19(20)22(28)26-23(21)29/h2-7,12-13,15H,8-11,14H2,1H3,(H2,26,28,29). The largest absolute Gasteiger partial charge is 0.494 e. The minimum atomic E-state index is -0.310. The summed E-state index contributed by atoms with van der Waals surface area (Å²) in [7, 11) is 1.77. The van der Waals surface area contributed by atoms with Crippen molar-refractivity contribution in [2.45, 2.75) is 12.8 Å². The molecule has 1 fully saturated rings. The third-order valence-corrected chi connectivity index (χ3v) is 6.25. The van der Waals surface area contributed by atoms with Gasteiger partial charge in [-0.2, -0.15) is 0 Å². The average Bonchev–Trinajstić information content (AvgIpc) is 2.74. The number of pyridine rings is 1. The number of hydrogen-bond donors (Lipinski definition) is 2. The summed E-state index contributed by atoms with van der Waals surface area (Å²) in [4.78, 5) is 21.5. The molecule has 0 bridgehead atoms. The van der Waals surface area contributed by atoms with Crippen molar-refractivity contribution in [1.29, 1.82) is 0 Å². The lowest BCUT2D eigenvalue weighted by molar-refractivity contribution is 0.139. The number of aliphatic imine (C=N–C) groups is 1. The van der Waals surface area contributed by atoms with Gasteiger partial charge < -0.3 is 14.7 Å². The summed E-state index contributed by atoms with van der Waals surface area (Å²) >= 11 is 2.19. The molecule has 156 valence electrons. The predicted molar refractivity (Wildman–Crippen MR) is 129 cm³/mol. The molecule has 2 N–H and O–H groups in total. The normalized spacial score (nSPS) is 15.3. The van der Waals surface area contributed by atoms with Gasteiger partial charge in [0.05, 0.1) is 11.3 Å². The van der Waals surface area contributed by atoms with E-state index in [2.05, 4.69) is 49.6 Å². The first-order valence-corrected chi connectivity index (χ1v) is 11.1. The van der Waals surface area contributed by atoms with Crippen molar-refractivity contribution in [3.05, 3.63) is 62.0 Å². The summed E-state index contributed by atoms with van der Waals surface area (Å²) in [5.74, 6) is 0.479. The molecule has 2 heterocycles. The van der Waals surface area contributed by atoms with E-state index in [0.29, 0.717) is 22.3 Å². The molecule has 0 aliphatic carbocycles. The van der Waals surface area contributed by atoms with E-state index in [1.807, 2.05) is 24.3 Å². The SMILES string of the molecule is COCC1CCN(c2ccc(N=Cc3c(O)[nH]c(=O)c4ccc(I)cc34)cc2)CC1. The molecule has 0 atom stereocenters. The highest BCUT2D eigenvalue weighted by Crippen LogP contribution is 2.27. The summed E-state index contributed by atoms with van der Waals surface area (Å²) in [6.07, 6.45) is 3.89. The molecule has 2 aromatic carbocycles. The van der Waals surface area contributed by atoms with Crippen molar-refractivity contribution in [2.24, 2.45) is 10.9 Å². The van der Waals surface area contributed by atoms with Gasteiger partial charge in [0.15, 0.2) is 0 Å². The third kappa shape index (κ3) is 4.52. The topological polar surface area (TPSA) is 77.9 Å². The highest BCUT2D eigenvalue weighted by atomic mass is 127. The number of anilines is 1. The fourth-order valence-electron chi connectivity index (χ4n) is 3.92. The molecule has 1 aromatic heterocycles. The van der Waals surface area contributed by atoms with Crippen LogP contribution >= 0.6 is 22.6 Å². The lowest BCUT2D eigenvalue weighted by atomic mass is 9.97. The zero-order valence-electron chi connectivity index (χ0n) is 16.8. The molecule has 7 heteroatoms. The van der Waals surface area contributed by atoms with Crippen molar-refractivity contribution in [3.63, 3.8) is 0 Å². The number of benzene rings is 2. The van der Waals surface area contributed by atoms with E-state index >= 15 is 0 Å². The molecular formula is C23H24IN3O3. The van der Waals surface area contributed by atoms with Crippen LogP contribution in [0.1, 0.15) is 18.4 Å². The number of aromatic amines is 1. The van der Waals surface area contributed by atoms with Crippen LogP contribution in [0.5, 0.6) is 5.88 Å². The van der Waals surface area contributed by atoms with Gasteiger partial charge >= 0.3 is 0 Å². The van der Waals surface area contributed by atoms with E-state index in [0.717, 1.165) is 41.8 Å². The maximum atomic E-state index is 12.1. The Bertz CT molecular complexity index is 1120. The number of halogens is 1. The molecule has 30 heavy (non-hydrogen) atoms. The molecule has 0 radical (unpaired) electrons. The number of aromatic nitrogens is 1. The predicted octanol–water partition coefficient (Wildman–Crippen LogP) is 4.45. The first-order chi connectivity index (χ1) is 14.5. The zero-order chi connectivity index (χ0) is 21.1. The second-order valence-electron chi connectivity index (χ2n) is 7.57. The number of rotatable bonds is 5. The first kappa shape index (κ1) is 20.9. The Hall–Kier alpha value is -2.39. The Morgan fingerprint density at radius 3 is 2.63 bits per heavy atom. The summed E-state index contributed by atoms with van der Waals surface area (Å²) < 4.78 is 6.26. The summed E-state index contributed by atoms with van der Waals surface area (Å²) in [6, 6.07) is 13.6. The fourth-order valence-corrected chi connectivity index (χ4v) is 4.41. The van der Waals surface area contributed by atoms with Crippen molar-refractivity contribution in [1.82, 2.24) is 4.98 Å². The molecule has 0 spiro atoms. The van der Waals surface area contributed by atoms with Crippen molar-refractivity contribution in [3.8, 4) is 5.88 Å². The highest BCUT2D eigenvalue weighted by molar-refractivity contribution is 14.1. The smallest absolute Gasteiger partial charge is 0.258 e. The van der Waals surface area contributed by atoms with Gasteiger partial charge in [-0.05, 0) is 83.8 Å². The number of piperidine rings is 1. The van der Waals surface area contributed by atoms with Crippen LogP contribution in [-0.4, -0.2) is 43.1 Å². The number of nitrogens with one attached hydrogen (secondary N) is 1. The van der Waals surface area contributed by atoms with E-state index in [-0.39, 0.29) is 11.4 Å². The van der Waals surface area contributed by atoms with Crippen LogP contribution < -0.4 is 10.5 Å². The minimum absolute atomic E-state index is 0.172. The van der Waals surface area contributed by atoms with E-state index in [4.69, 9.17) is 4.74 Å². The van der Waals surface area contributed by atoms with Gasteiger partial charge in [0, 0.05) is 53.1 Å². The molecule has 3 aromatic rings. The lowest BCUT2D eigenvalue weighted by Gasteiger charge is -2.33. The molecular weight excluding hydrogens is 493 g/mol. The van der Waals surface area contributed by atoms with Crippen molar-refractivity contribution < 1.29 is 9.84 Å². The van der Waals surface area contributed by atoms with Crippen LogP contribution in [0.3, 0.4) is 0 Å². The molecule has 1 aliphatic heterocycles. The van der Waals surface area contributed by atoms with Crippen molar-refractivity contribution in [2.75, 3.05) is 31.7 Å². The summed E-state index contributed by atoms with van der Waals surface area (Å²) in [5, 5.41) is 11.5. The summed E-state index contributed by atoms with van der Waals surface area (Å²) in [5.41, 5.74) is 2.18. The van der Waals surface area contributed by atoms with E-state index in [1.165, 1.54) is 5.69 Å². The quantitative estimate of drug-likeness (QED) is 0.387. The number of fused-ring (bicyclic) bond motifs is 1. The Morgan fingerprint density at radius 1 is 1.20 bits per heavy atom. The van der Waals surface area contributed by atoms with Crippen LogP contribution in [-0.2, 0) is 4.74 Å². The van der Waals surface area contributed by atoms with Gasteiger partial charge in [-0.1, -0.05) is 0 Å². The Balaban J connectivity index is 1.53. The Labute approximate surface area is 188 Å². The highest BCUT2D eigenvalue weighted by Gasteiger charge is 2.19. The minimum Gasteiger partial charge on any atom is -0.494 e. The van der Waals surface area contributed by atoms with Gasteiger partial charge in [-0.3, -0.25) is 14.8 Å². The Morgan fingerprint density at radius 2 is 1.93 bits per heavy atom. The maximum absolute atomic E-state index is 12.1. The monoisotopic (exact) mass is 517 g/mol. The molecule has 0 amide bonds. The van der Waals surface area contributed by atoms with Crippen LogP contribution in [0.25, 0.3) is 10.8 Å². The van der Waals surface area contributed by atoms with Gasteiger partial charge in [-0.15, -0.1) is 0 Å². The van der Waals surface area contributed by atoms with Crippen molar-refractivity contribution >= 4 is 51.0 Å². The van der Waals surface area contributed by atoms with Crippen LogP contribution in [0.2, 0.25) is 0 Å².